The van der Waals surface area contributed by atoms with Crippen LogP contribution >= 0.6 is 11.6 Å². The van der Waals surface area contributed by atoms with Gasteiger partial charge in [0.15, 0.2) is 0 Å². The van der Waals surface area contributed by atoms with E-state index < -0.39 is 5.97 Å². The van der Waals surface area contributed by atoms with E-state index in [0.717, 1.165) is 0 Å². The predicted octanol–water partition coefficient (Wildman–Crippen LogP) is 0.686. The van der Waals surface area contributed by atoms with Crippen LogP contribution in [0, 0.1) is 0 Å². The molecule has 0 atom stereocenters. The van der Waals surface area contributed by atoms with Crippen molar-refractivity contribution in [1.82, 2.24) is 6.15 Å². The molecule has 0 aliphatic rings. The summed E-state index contributed by atoms with van der Waals surface area (Å²) in [6.45, 7) is 0. The van der Waals surface area contributed by atoms with Gasteiger partial charge in [0.05, 0.1) is 0 Å². The van der Waals surface area contributed by atoms with E-state index in [0.29, 0.717) is 0 Å². The first-order valence-electron chi connectivity index (χ1n) is 1.05. The summed E-state index contributed by atoms with van der Waals surface area (Å²) < 4.78 is 0. The van der Waals surface area contributed by atoms with Crippen LogP contribution in [0.4, 0.5) is 0 Å². The Balaban J connectivity index is 0. The van der Waals surface area contributed by atoms with E-state index in [1.165, 1.54) is 0 Å². The monoisotopic (exact) mass is 112 g/mol. The van der Waals surface area contributed by atoms with Gasteiger partial charge in [0.1, 0.15) is 5.88 Å². The van der Waals surface area contributed by atoms with Crippen molar-refractivity contribution in [2.75, 3.05) is 5.88 Å². The van der Waals surface area contributed by atoms with Gasteiger partial charge in [0.25, 0.3) is 0 Å². The van der Waals surface area contributed by atoms with Crippen molar-refractivity contribution in [3.05, 3.63) is 0 Å². The summed E-state index contributed by atoms with van der Waals surface area (Å²) in [5, 5.41) is 7.59. The van der Waals surface area contributed by atoms with Gasteiger partial charge < -0.3 is 11.3 Å². The first kappa shape index (κ1) is 9.21. The zero-order valence-electron chi connectivity index (χ0n) is 3.44. The van der Waals surface area contributed by atoms with Crippen LogP contribution in [0.15, 0.2) is 0 Å². The largest absolute Gasteiger partial charge is 0.480 e. The van der Waals surface area contributed by atoms with E-state index in [-0.39, 0.29) is 12.0 Å². The number of halogens is 1. The average Bonchev–Trinajstić information content (AvgIpc) is 1.38. The molecule has 0 aromatic rings. The fourth-order valence-electron chi connectivity index (χ4n) is 0. The zero-order valence-corrected chi connectivity index (χ0v) is 4.20. The van der Waals surface area contributed by atoms with Gasteiger partial charge in [0.2, 0.25) is 0 Å². The lowest BCUT2D eigenvalue weighted by molar-refractivity contribution is -0.134. The lowest BCUT2D eigenvalue weighted by Gasteiger charge is -1.69. The van der Waals surface area contributed by atoms with Gasteiger partial charge in [-0.2, -0.15) is 0 Å². The molecule has 5 N–H and O–H groups in total. The van der Waals surface area contributed by atoms with Crippen molar-refractivity contribution in [2.24, 2.45) is 0 Å². The molecule has 38 valence electrons. The van der Waals surface area contributed by atoms with E-state index >= 15 is 0 Å². The Labute approximate surface area is 40.5 Å². The SMILES string of the molecule is O=C(O)CCl.[NH4+]. The van der Waals surface area contributed by atoms with E-state index in [9.17, 15) is 4.79 Å². The van der Waals surface area contributed by atoms with Crippen molar-refractivity contribution in [3.8, 4) is 0 Å². The van der Waals surface area contributed by atoms with E-state index in [2.05, 4.69) is 0 Å². The summed E-state index contributed by atoms with van der Waals surface area (Å²) in [5.41, 5.74) is 0. The molecule has 6 heavy (non-hydrogen) atoms. The fourth-order valence-corrected chi connectivity index (χ4v) is 0. The molecule has 0 aromatic heterocycles. The maximum Gasteiger partial charge on any atom is 0.318 e. The van der Waals surface area contributed by atoms with E-state index in [1.807, 2.05) is 0 Å². The Morgan fingerprint density at radius 3 is 2.00 bits per heavy atom. The van der Waals surface area contributed by atoms with E-state index in [4.69, 9.17) is 16.7 Å². The third kappa shape index (κ3) is 9.30. The number of hydrogen-bond acceptors (Lipinski definition) is 1. The smallest absolute Gasteiger partial charge is 0.318 e. The number of quaternary nitrogens is 1. The molecular formula is C2H7ClNO2+. The first-order valence-corrected chi connectivity index (χ1v) is 1.58. The molecule has 0 saturated carbocycles. The predicted molar refractivity (Wildman–Crippen MR) is 24.3 cm³/mol. The number of alkyl halides is 1. The summed E-state index contributed by atoms with van der Waals surface area (Å²) in [4.78, 5) is 9.24. The van der Waals surface area contributed by atoms with Crippen LogP contribution in [-0.2, 0) is 4.79 Å². The molecule has 0 aliphatic carbocycles. The third-order valence-electron chi connectivity index (χ3n) is 0.114. The number of carboxylic acid groups (broad SMARTS) is 1. The number of hydrogen-bond donors (Lipinski definition) is 2. The van der Waals surface area contributed by atoms with E-state index in [1.54, 1.807) is 0 Å². The molecule has 3 nitrogen and oxygen atoms in total. The third-order valence-corrected chi connectivity index (χ3v) is 0.343. The number of rotatable bonds is 1. The molecular weight excluding hydrogens is 105 g/mol. The van der Waals surface area contributed by atoms with Crippen LogP contribution in [0.25, 0.3) is 0 Å². The van der Waals surface area contributed by atoms with Gasteiger partial charge >= 0.3 is 5.97 Å². The Hall–Kier alpha value is -0.280. The maximum absolute atomic E-state index is 9.24. The summed E-state index contributed by atoms with van der Waals surface area (Å²) in [7, 11) is 0. The molecule has 4 heteroatoms. The Morgan fingerprint density at radius 1 is 1.83 bits per heavy atom. The summed E-state index contributed by atoms with van der Waals surface area (Å²) in [5.74, 6) is -1.29. The lowest BCUT2D eigenvalue weighted by atomic mass is 10.8. The van der Waals surface area contributed by atoms with Gasteiger partial charge in [-0.25, -0.2) is 0 Å². The molecule has 0 unspecified atom stereocenters. The second-order valence-corrected chi connectivity index (χ2v) is 0.795. The standard InChI is InChI=1S/C2H3ClO2.H3N/c3-1-2(4)5;/h1H2,(H,4,5);1H3/p+1. The Bertz CT molecular complexity index is 46.8. The molecule has 0 bridgehead atoms. The van der Waals surface area contributed by atoms with Crippen molar-refractivity contribution in [2.45, 2.75) is 0 Å². The van der Waals surface area contributed by atoms with Crippen LogP contribution in [0.3, 0.4) is 0 Å². The number of carboxylic acids is 1. The molecule has 0 spiro atoms. The zero-order chi connectivity index (χ0) is 4.28. The van der Waals surface area contributed by atoms with Crippen molar-refractivity contribution >= 4 is 17.6 Å². The van der Waals surface area contributed by atoms with Gasteiger partial charge in [0, 0.05) is 0 Å². The van der Waals surface area contributed by atoms with Crippen LogP contribution in [0.2, 0.25) is 0 Å². The Morgan fingerprint density at radius 2 is 2.00 bits per heavy atom. The molecule has 0 heterocycles. The fraction of sp³-hybridized carbons (Fsp3) is 0.500. The Kier molecular flexibility index (Phi) is 7.24. The van der Waals surface area contributed by atoms with Gasteiger partial charge in [-0.3, -0.25) is 4.79 Å². The lowest BCUT2D eigenvalue weighted by Crippen LogP contribution is -1.92. The van der Waals surface area contributed by atoms with Crippen molar-refractivity contribution in [1.29, 1.82) is 0 Å². The highest BCUT2D eigenvalue weighted by Gasteiger charge is 1.83. The minimum atomic E-state index is -0.980. The van der Waals surface area contributed by atoms with Crippen LogP contribution in [0.1, 0.15) is 0 Å². The molecule has 0 saturated heterocycles. The highest BCUT2D eigenvalue weighted by molar-refractivity contribution is 6.26. The van der Waals surface area contributed by atoms with Gasteiger partial charge in [-0.15, -0.1) is 11.6 Å². The van der Waals surface area contributed by atoms with Crippen LogP contribution in [-0.4, -0.2) is 17.0 Å². The molecule has 0 aromatic carbocycles. The molecule has 0 aliphatic heterocycles. The van der Waals surface area contributed by atoms with Crippen molar-refractivity contribution in [3.63, 3.8) is 0 Å². The minimum absolute atomic E-state index is 0. The topological polar surface area (TPSA) is 73.8 Å². The first-order chi connectivity index (χ1) is 2.27. The van der Waals surface area contributed by atoms with Crippen molar-refractivity contribution < 1.29 is 9.90 Å². The second-order valence-electron chi connectivity index (χ2n) is 0.527. The summed E-state index contributed by atoms with van der Waals surface area (Å²) in [6.07, 6.45) is 0. The molecule has 0 amide bonds. The van der Waals surface area contributed by atoms with Crippen LogP contribution in [0.5, 0.6) is 0 Å². The summed E-state index contributed by atoms with van der Waals surface area (Å²) >= 11 is 4.74. The maximum atomic E-state index is 9.24. The van der Waals surface area contributed by atoms with Crippen LogP contribution < -0.4 is 6.15 Å². The highest BCUT2D eigenvalue weighted by Crippen LogP contribution is 1.67. The quantitative estimate of drug-likeness (QED) is 0.490. The number of carbonyl (C=O) groups is 1. The highest BCUT2D eigenvalue weighted by atomic mass is 35.5. The minimum Gasteiger partial charge on any atom is -0.480 e. The molecule has 0 fully saturated rings. The normalized spacial score (nSPS) is 6.17. The molecule has 0 rings (SSSR count). The average molecular weight is 113 g/mol. The second kappa shape index (κ2) is 4.72. The van der Waals surface area contributed by atoms with Gasteiger partial charge in [-0.1, -0.05) is 0 Å². The van der Waals surface area contributed by atoms with Gasteiger partial charge in [-0.05, 0) is 0 Å². The number of aliphatic carboxylic acids is 1. The molecule has 0 radical (unpaired) electrons. The summed E-state index contributed by atoms with van der Waals surface area (Å²) in [6, 6.07) is 0.